The molecule has 19 heavy (non-hydrogen) atoms. The largest absolute Gasteiger partial charge is 0.461 e. The SMILES string of the molecule is CCOC(=O)C(=O)c1c(C)[nH]c(C(=O)OCC)c1F. The zero-order valence-corrected chi connectivity index (χ0v) is 10.8. The van der Waals surface area contributed by atoms with Crippen LogP contribution < -0.4 is 0 Å². The van der Waals surface area contributed by atoms with Gasteiger partial charge in [0.1, 0.15) is 0 Å². The van der Waals surface area contributed by atoms with Crippen LogP contribution in [-0.2, 0) is 14.3 Å². The second-order valence-corrected chi connectivity index (χ2v) is 3.58. The number of ether oxygens (including phenoxy) is 2. The summed E-state index contributed by atoms with van der Waals surface area (Å²) < 4.78 is 23.1. The zero-order chi connectivity index (χ0) is 14.6. The van der Waals surface area contributed by atoms with E-state index in [2.05, 4.69) is 14.5 Å². The number of hydrogen-bond acceptors (Lipinski definition) is 5. The van der Waals surface area contributed by atoms with Gasteiger partial charge in [-0.2, -0.15) is 0 Å². The Labute approximate surface area is 108 Å². The second-order valence-electron chi connectivity index (χ2n) is 3.58. The molecule has 1 heterocycles. The lowest BCUT2D eigenvalue weighted by Crippen LogP contribution is -2.19. The lowest BCUT2D eigenvalue weighted by atomic mass is 10.1. The van der Waals surface area contributed by atoms with Gasteiger partial charge in [0.15, 0.2) is 11.5 Å². The van der Waals surface area contributed by atoms with E-state index in [1.165, 1.54) is 13.8 Å². The minimum absolute atomic E-state index is 0.000393. The molecule has 0 spiro atoms. The summed E-state index contributed by atoms with van der Waals surface area (Å²) in [6, 6.07) is 0. The van der Waals surface area contributed by atoms with E-state index in [9.17, 15) is 18.8 Å². The van der Waals surface area contributed by atoms with Crippen LogP contribution >= 0.6 is 0 Å². The molecular formula is C12H14FNO5. The van der Waals surface area contributed by atoms with E-state index in [-0.39, 0.29) is 18.9 Å². The monoisotopic (exact) mass is 271 g/mol. The summed E-state index contributed by atoms with van der Waals surface area (Å²) in [5.41, 5.74) is -0.910. The summed E-state index contributed by atoms with van der Waals surface area (Å²) in [6.45, 7) is 4.53. The third kappa shape index (κ3) is 2.98. The molecule has 1 aromatic heterocycles. The van der Waals surface area contributed by atoms with Crippen LogP contribution in [0.2, 0.25) is 0 Å². The van der Waals surface area contributed by atoms with Crippen molar-refractivity contribution in [2.45, 2.75) is 20.8 Å². The average Bonchev–Trinajstić information content (AvgIpc) is 2.65. The van der Waals surface area contributed by atoms with Crippen LogP contribution in [0.1, 0.15) is 40.4 Å². The van der Waals surface area contributed by atoms with Gasteiger partial charge < -0.3 is 14.5 Å². The first-order chi connectivity index (χ1) is 8.93. The van der Waals surface area contributed by atoms with E-state index in [0.29, 0.717) is 0 Å². The third-order valence-electron chi connectivity index (χ3n) is 2.29. The molecule has 0 unspecified atom stereocenters. The number of esters is 2. The second kappa shape index (κ2) is 6.12. The Bertz CT molecular complexity index is 520. The van der Waals surface area contributed by atoms with Crippen LogP contribution in [0.3, 0.4) is 0 Å². The number of rotatable bonds is 5. The smallest absolute Gasteiger partial charge is 0.379 e. The van der Waals surface area contributed by atoms with Gasteiger partial charge in [-0.15, -0.1) is 0 Å². The molecule has 0 saturated carbocycles. The molecule has 0 aliphatic carbocycles. The van der Waals surface area contributed by atoms with Gasteiger partial charge in [0, 0.05) is 5.69 Å². The molecule has 0 fully saturated rings. The summed E-state index contributed by atoms with van der Waals surface area (Å²) >= 11 is 0. The first-order valence-corrected chi connectivity index (χ1v) is 5.70. The first kappa shape index (κ1) is 14.9. The van der Waals surface area contributed by atoms with Crippen molar-refractivity contribution in [3.05, 3.63) is 22.8 Å². The van der Waals surface area contributed by atoms with E-state index < -0.39 is 34.8 Å². The van der Waals surface area contributed by atoms with Crippen LogP contribution in [-0.4, -0.2) is 35.9 Å². The molecule has 0 bridgehead atoms. The molecule has 6 nitrogen and oxygen atoms in total. The number of carbonyl (C=O) groups is 3. The van der Waals surface area contributed by atoms with Crippen LogP contribution in [0.4, 0.5) is 4.39 Å². The minimum atomic E-state index is -1.17. The fourth-order valence-corrected chi connectivity index (χ4v) is 1.51. The number of H-pyrrole nitrogens is 1. The van der Waals surface area contributed by atoms with E-state index >= 15 is 0 Å². The van der Waals surface area contributed by atoms with Crippen LogP contribution in [0.5, 0.6) is 0 Å². The molecule has 1 rings (SSSR count). The Hall–Kier alpha value is -2.18. The standard InChI is InChI=1S/C12H14FNO5/c1-4-18-11(16)9-8(13)7(6(3)14-9)10(15)12(17)19-5-2/h14H,4-5H2,1-3H3. The van der Waals surface area contributed by atoms with Crippen LogP contribution in [0.25, 0.3) is 0 Å². The van der Waals surface area contributed by atoms with Crippen molar-refractivity contribution in [2.75, 3.05) is 13.2 Å². The van der Waals surface area contributed by atoms with E-state index in [4.69, 9.17) is 0 Å². The van der Waals surface area contributed by atoms with Crippen LogP contribution in [0, 0.1) is 12.7 Å². The fraction of sp³-hybridized carbons (Fsp3) is 0.417. The molecule has 0 amide bonds. The maximum atomic E-state index is 14.0. The lowest BCUT2D eigenvalue weighted by Gasteiger charge is -2.00. The maximum Gasteiger partial charge on any atom is 0.379 e. The number of ketones is 1. The minimum Gasteiger partial charge on any atom is -0.461 e. The van der Waals surface area contributed by atoms with Gasteiger partial charge in [-0.05, 0) is 20.8 Å². The van der Waals surface area contributed by atoms with Gasteiger partial charge >= 0.3 is 11.9 Å². The van der Waals surface area contributed by atoms with Gasteiger partial charge in [0.2, 0.25) is 0 Å². The molecular weight excluding hydrogens is 257 g/mol. The van der Waals surface area contributed by atoms with Crippen molar-refractivity contribution in [3.63, 3.8) is 0 Å². The lowest BCUT2D eigenvalue weighted by molar-refractivity contribution is -0.137. The first-order valence-electron chi connectivity index (χ1n) is 5.70. The normalized spacial score (nSPS) is 10.1. The van der Waals surface area contributed by atoms with E-state index in [1.807, 2.05) is 0 Å². The van der Waals surface area contributed by atoms with E-state index in [1.54, 1.807) is 6.92 Å². The summed E-state index contributed by atoms with van der Waals surface area (Å²) in [5, 5.41) is 0. The topological polar surface area (TPSA) is 85.5 Å². The average molecular weight is 271 g/mol. The number of aromatic nitrogens is 1. The number of nitrogens with one attached hydrogen (secondary N) is 1. The Kier molecular flexibility index (Phi) is 4.80. The molecule has 0 aliphatic heterocycles. The third-order valence-corrected chi connectivity index (χ3v) is 2.29. The van der Waals surface area contributed by atoms with Gasteiger partial charge in [0.25, 0.3) is 5.78 Å². The molecule has 0 saturated heterocycles. The number of halogens is 1. The van der Waals surface area contributed by atoms with Crippen molar-refractivity contribution in [1.82, 2.24) is 4.98 Å². The Morgan fingerprint density at radius 1 is 1.16 bits per heavy atom. The molecule has 7 heteroatoms. The summed E-state index contributed by atoms with van der Waals surface area (Å²) in [6.07, 6.45) is 0. The number of aromatic amines is 1. The van der Waals surface area contributed by atoms with Crippen molar-refractivity contribution < 1.29 is 28.2 Å². The zero-order valence-electron chi connectivity index (χ0n) is 10.8. The highest BCUT2D eigenvalue weighted by molar-refractivity contribution is 6.41. The van der Waals surface area contributed by atoms with Crippen molar-refractivity contribution in [1.29, 1.82) is 0 Å². The highest BCUT2D eigenvalue weighted by Crippen LogP contribution is 2.19. The molecule has 0 radical (unpaired) electrons. The highest BCUT2D eigenvalue weighted by atomic mass is 19.1. The number of carbonyl (C=O) groups excluding carboxylic acids is 3. The highest BCUT2D eigenvalue weighted by Gasteiger charge is 2.30. The van der Waals surface area contributed by atoms with E-state index in [0.717, 1.165) is 0 Å². The number of Topliss-reactive ketones (excluding diaryl/α,β-unsaturated/α-hetero) is 1. The molecule has 0 atom stereocenters. The fourth-order valence-electron chi connectivity index (χ4n) is 1.51. The quantitative estimate of drug-likeness (QED) is 0.497. The Morgan fingerprint density at radius 3 is 2.26 bits per heavy atom. The van der Waals surface area contributed by atoms with Crippen LogP contribution in [0.15, 0.2) is 0 Å². The predicted molar refractivity (Wildman–Crippen MR) is 62.4 cm³/mol. The molecule has 1 N–H and O–H groups in total. The van der Waals surface area contributed by atoms with Gasteiger partial charge in [0.05, 0.1) is 18.8 Å². The van der Waals surface area contributed by atoms with Crippen molar-refractivity contribution >= 4 is 17.7 Å². The summed E-state index contributed by atoms with van der Waals surface area (Å²) in [5.74, 6) is -4.33. The molecule has 0 aliphatic rings. The molecule has 104 valence electrons. The van der Waals surface area contributed by atoms with Gasteiger partial charge in [-0.1, -0.05) is 0 Å². The number of hydrogen-bond donors (Lipinski definition) is 1. The molecule has 1 aromatic rings. The maximum absolute atomic E-state index is 14.0. The van der Waals surface area contributed by atoms with Crippen molar-refractivity contribution in [2.24, 2.45) is 0 Å². The Morgan fingerprint density at radius 2 is 1.74 bits per heavy atom. The summed E-state index contributed by atoms with van der Waals surface area (Å²) in [7, 11) is 0. The number of aryl methyl sites for hydroxylation is 1. The predicted octanol–water partition coefficient (Wildman–Crippen LogP) is 1.38. The summed E-state index contributed by atoms with van der Waals surface area (Å²) in [4.78, 5) is 36.8. The molecule has 0 aromatic carbocycles. The Balaban J connectivity index is 3.13. The van der Waals surface area contributed by atoms with Crippen molar-refractivity contribution in [3.8, 4) is 0 Å². The van der Waals surface area contributed by atoms with Gasteiger partial charge in [-0.3, -0.25) is 4.79 Å². The van der Waals surface area contributed by atoms with Gasteiger partial charge in [-0.25, -0.2) is 14.0 Å².